The summed E-state index contributed by atoms with van der Waals surface area (Å²) in [6, 6.07) is 3.43. The number of carbonyl (C=O) groups is 1. The van der Waals surface area contributed by atoms with Crippen molar-refractivity contribution in [3.05, 3.63) is 34.3 Å². The molecule has 3 nitrogen and oxygen atoms in total. The molecule has 0 saturated heterocycles. The van der Waals surface area contributed by atoms with Gasteiger partial charge in [0.1, 0.15) is 0 Å². The lowest BCUT2D eigenvalue weighted by Gasteiger charge is -1.97. The Labute approximate surface area is 90.3 Å². The summed E-state index contributed by atoms with van der Waals surface area (Å²) in [6.07, 6.45) is 1.62. The van der Waals surface area contributed by atoms with Crippen molar-refractivity contribution >= 4 is 34.5 Å². The highest BCUT2D eigenvalue weighted by molar-refractivity contribution is 6.33. The zero-order valence-corrected chi connectivity index (χ0v) is 8.80. The lowest BCUT2D eigenvalue weighted by atomic mass is 10.4. The van der Waals surface area contributed by atoms with Crippen molar-refractivity contribution in [2.75, 3.05) is 0 Å². The van der Waals surface area contributed by atoms with Gasteiger partial charge in [0.15, 0.2) is 16.8 Å². The van der Waals surface area contributed by atoms with Gasteiger partial charge in [-0.15, -0.1) is 0 Å². The van der Waals surface area contributed by atoms with Crippen LogP contribution < -0.4 is 0 Å². The Hall–Kier alpha value is -1.06. The van der Waals surface area contributed by atoms with Gasteiger partial charge in [-0.2, -0.15) is 0 Å². The van der Waals surface area contributed by atoms with Crippen molar-refractivity contribution in [3.8, 4) is 0 Å². The third-order valence-corrected chi connectivity index (χ3v) is 2.37. The summed E-state index contributed by atoms with van der Waals surface area (Å²) in [5, 5.41) is 0.848. The third kappa shape index (κ3) is 1.38. The summed E-state index contributed by atoms with van der Waals surface area (Å²) in [5.41, 5.74) is 0.682. The standard InChI is InChI=1S/C9H6Cl2N2O/c1-5(14)9-12-8(11)7-3-2-6(10)4-13(7)9/h2-4H,1H3. The van der Waals surface area contributed by atoms with E-state index in [1.165, 1.54) is 6.92 Å². The minimum Gasteiger partial charge on any atom is -0.294 e. The van der Waals surface area contributed by atoms with E-state index < -0.39 is 0 Å². The average Bonchev–Trinajstić information content (AvgIpc) is 2.43. The Morgan fingerprint density at radius 1 is 1.43 bits per heavy atom. The molecule has 0 fully saturated rings. The molecule has 0 amide bonds. The molecule has 0 saturated carbocycles. The molecule has 0 aliphatic rings. The predicted octanol–water partition coefficient (Wildman–Crippen LogP) is 2.84. The van der Waals surface area contributed by atoms with E-state index in [0.29, 0.717) is 21.5 Å². The smallest absolute Gasteiger partial charge is 0.195 e. The van der Waals surface area contributed by atoms with E-state index in [1.807, 2.05) is 0 Å². The number of halogens is 2. The Morgan fingerprint density at radius 2 is 2.14 bits per heavy atom. The van der Waals surface area contributed by atoms with Gasteiger partial charge < -0.3 is 0 Å². The molecule has 0 atom stereocenters. The first kappa shape index (κ1) is 9.49. The van der Waals surface area contributed by atoms with E-state index in [2.05, 4.69) is 4.98 Å². The van der Waals surface area contributed by atoms with Gasteiger partial charge in [-0.05, 0) is 12.1 Å². The minimum absolute atomic E-state index is 0.144. The number of Topliss-reactive ketones (excluding diaryl/α,β-unsaturated/α-hetero) is 1. The number of nitrogens with zero attached hydrogens (tertiary/aromatic N) is 2. The van der Waals surface area contributed by atoms with Crippen LogP contribution in [-0.2, 0) is 0 Å². The molecule has 0 radical (unpaired) electrons. The zero-order chi connectivity index (χ0) is 10.3. The summed E-state index contributed by atoms with van der Waals surface area (Å²) < 4.78 is 1.59. The molecule has 2 aromatic rings. The second kappa shape index (κ2) is 3.26. The number of fused-ring (bicyclic) bond motifs is 1. The fourth-order valence-electron chi connectivity index (χ4n) is 1.27. The second-order valence-corrected chi connectivity index (χ2v) is 3.68. The molecule has 14 heavy (non-hydrogen) atoms. The first-order valence-electron chi connectivity index (χ1n) is 3.93. The number of hydrogen-bond acceptors (Lipinski definition) is 2. The zero-order valence-electron chi connectivity index (χ0n) is 7.29. The normalized spacial score (nSPS) is 10.8. The van der Waals surface area contributed by atoms with Crippen LogP contribution >= 0.6 is 23.2 Å². The highest BCUT2D eigenvalue weighted by Crippen LogP contribution is 2.21. The van der Waals surface area contributed by atoms with Crippen LogP contribution in [0.1, 0.15) is 17.5 Å². The van der Waals surface area contributed by atoms with Crippen molar-refractivity contribution in [2.45, 2.75) is 6.92 Å². The van der Waals surface area contributed by atoms with Gasteiger partial charge >= 0.3 is 0 Å². The topological polar surface area (TPSA) is 34.4 Å². The lowest BCUT2D eigenvalue weighted by molar-refractivity contribution is 0.100. The van der Waals surface area contributed by atoms with Gasteiger partial charge in [0.05, 0.1) is 10.5 Å². The maximum Gasteiger partial charge on any atom is 0.195 e. The van der Waals surface area contributed by atoms with Crippen LogP contribution in [0.3, 0.4) is 0 Å². The number of rotatable bonds is 1. The molecular weight excluding hydrogens is 223 g/mol. The second-order valence-electron chi connectivity index (χ2n) is 2.88. The minimum atomic E-state index is -0.144. The van der Waals surface area contributed by atoms with Crippen molar-refractivity contribution in [3.63, 3.8) is 0 Å². The van der Waals surface area contributed by atoms with Crippen LogP contribution in [0.5, 0.6) is 0 Å². The molecule has 0 N–H and O–H groups in total. The molecule has 0 unspecified atom stereocenters. The summed E-state index contributed by atoms with van der Waals surface area (Å²) in [7, 11) is 0. The number of hydrogen-bond donors (Lipinski definition) is 0. The van der Waals surface area contributed by atoms with E-state index >= 15 is 0 Å². The molecule has 0 bridgehead atoms. The van der Waals surface area contributed by atoms with E-state index in [0.717, 1.165) is 0 Å². The Balaban J connectivity index is 2.85. The van der Waals surface area contributed by atoms with Crippen molar-refractivity contribution in [2.24, 2.45) is 0 Å². The van der Waals surface area contributed by atoms with Gasteiger partial charge in [0.25, 0.3) is 0 Å². The Morgan fingerprint density at radius 3 is 2.79 bits per heavy atom. The summed E-state index contributed by atoms with van der Waals surface area (Å²) in [6.45, 7) is 1.44. The number of ketones is 1. The SMILES string of the molecule is CC(=O)c1nc(Cl)c2ccc(Cl)cn12. The summed E-state index contributed by atoms with van der Waals surface area (Å²) >= 11 is 11.6. The monoisotopic (exact) mass is 228 g/mol. The molecule has 0 spiro atoms. The highest BCUT2D eigenvalue weighted by Gasteiger charge is 2.12. The molecule has 72 valence electrons. The molecule has 0 aromatic carbocycles. The van der Waals surface area contributed by atoms with Crippen LogP contribution in [0.2, 0.25) is 10.2 Å². The quantitative estimate of drug-likeness (QED) is 0.704. The van der Waals surface area contributed by atoms with Crippen LogP contribution in [0.15, 0.2) is 18.3 Å². The number of carbonyl (C=O) groups excluding carboxylic acids is 1. The van der Waals surface area contributed by atoms with E-state index in [4.69, 9.17) is 23.2 Å². The fourth-order valence-corrected chi connectivity index (χ4v) is 1.67. The largest absolute Gasteiger partial charge is 0.294 e. The molecule has 0 aliphatic carbocycles. The maximum absolute atomic E-state index is 11.2. The molecular formula is C9H6Cl2N2O. The first-order valence-corrected chi connectivity index (χ1v) is 4.69. The van der Waals surface area contributed by atoms with Crippen molar-refractivity contribution < 1.29 is 4.79 Å². The molecule has 2 aromatic heterocycles. The lowest BCUT2D eigenvalue weighted by Crippen LogP contribution is -1.99. The Kier molecular flexibility index (Phi) is 2.21. The number of imidazole rings is 1. The number of pyridine rings is 1. The van der Waals surface area contributed by atoms with Crippen LogP contribution in [0, 0.1) is 0 Å². The molecule has 2 rings (SSSR count). The van der Waals surface area contributed by atoms with E-state index in [9.17, 15) is 4.79 Å². The molecule has 0 aliphatic heterocycles. The van der Waals surface area contributed by atoms with Gasteiger partial charge in [0, 0.05) is 13.1 Å². The third-order valence-electron chi connectivity index (χ3n) is 1.87. The predicted molar refractivity (Wildman–Crippen MR) is 55.2 cm³/mol. The van der Waals surface area contributed by atoms with Gasteiger partial charge in [-0.1, -0.05) is 23.2 Å². The molecule has 2 heterocycles. The van der Waals surface area contributed by atoms with Crippen molar-refractivity contribution in [1.29, 1.82) is 0 Å². The highest BCUT2D eigenvalue weighted by atomic mass is 35.5. The van der Waals surface area contributed by atoms with Gasteiger partial charge in [0.2, 0.25) is 0 Å². The van der Waals surface area contributed by atoms with Gasteiger partial charge in [-0.25, -0.2) is 4.98 Å². The molecule has 5 heteroatoms. The van der Waals surface area contributed by atoms with Gasteiger partial charge in [-0.3, -0.25) is 9.20 Å². The van der Waals surface area contributed by atoms with E-state index in [-0.39, 0.29) is 5.78 Å². The summed E-state index contributed by atoms with van der Waals surface area (Å²) in [5.74, 6) is 0.154. The van der Waals surface area contributed by atoms with Crippen LogP contribution in [0.4, 0.5) is 0 Å². The first-order chi connectivity index (χ1) is 6.59. The number of aromatic nitrogens is 2. The average molecular weight is 229 g/mol. The maximum atomic E-state index is 11.2. The van der Waals surface area contributed by atoms with E-state index in [1.54, 1.807) is 22.7 Å². The van der Waals surface area contributed by atoms with Crippen LogP contribution in [-0.4, -0.2) is 15.2 Å². The van der Waals surface area contributed by atoms with Crippen LogP contribution in [0.25, 0.3) is 5.52 Å². The Bertz CT molecular complexity index is 519. The fraction of sp³-hybridized carbons (Fsp3) is 0.111. The summed E-state index contributed by atoms with van der Waals surface area (Å²) in [4.78, 5) is 15.1. The van der Waals surface area contributed by atoms with Crippen molar-refractivity contribution in [1.82, 2.24) is 9.38 Å².